The Hall–Kier alpha value is -1.86. The molecular weight excluding hydrogens is 356 g/mol. The van der Waals surface area contributed by atoms with E-state index in [2.05, 4.69) is 10.2 Å². The molecule has 7 heteroatoms. The van der Waals surface area contributed by atoms with Crippen LogP contribution >= 0.6 is 24.0 Å². The number of amides is 1. The molecule has 25 heavy (non-hydrogen) atoms. The van der Waals surface area contributed by atoms with E-state index >= 15 is 0 Å². The second kappa shape index (κ2) is 7.58. The molecule has 0 spiro atoms. The zero-order valence-electron chi connectivity index (χ0n) is 14.2. The van der Waals surface area contributed by atoms with Gasteiger partial charge in [-0.25, -0.2) is 0 Å². The fourth-order valence-corrected chi connectivity index (χ4v) is 4.24. The van der Waals surface area contributed by atoms with Crippen molar-refractivity contribution in [3.63, 3.8) is 0 Å². The number of carbonyl (C=O) groups excluding carboxylic acids is 2. The van der Waals surface area contributed by atoms with Gasteiger partial charge in [-0.3, -0.25) is 9.59 Å². The molecule has 1 unspecified atom stereocenters. The molecule has 5 nitrogen and oxygen atoms in total. The molecule has 1 saturated heterocycles. The lowest BCUT2D eigenvalue weighted by molar-refractivity contribution is -0.115. The smallest absolute Gasteiger partial charge is 0.237 e. The molecule has 1 fully saturated rings. The Morgan fingerprint density at radius 2 is 1.96 bits per heavy atom. The summed E-state index contributed by atoms with van der Waals surface area (Å²) in [4.78, 5) is 26.6. The second-order valence-corrected chi connectivity index (χ2v) is 8.04. The average molecular weight is 377 g/mol. The van der Waals surface area contributed by atoms with Crippen LogP contribution in [-0.4, -0.2) is 39.3 Å². The van der Waals surface area contributed by atoms with Crippen LogP contribution in [0.2, 0.25) is 0 Å². The van der Waals surface area contributed by atoms with Crippen LogP contribution in [0.3, 0.4) is 0 Å². The molecule has 1 aliphatic rings. The van der Waals surface area contributed by atoms with Gasteiger partial charge in [0.25, 0.3) is 0 Å². The van der Waals surface area contributed by atoms with Gasteiger partial charge >= 0.3 is 0 Å². The molecule has 1 aromatic carbocycles. The number of hydrogen-bond donors (Lipinski definition) is 1. The number of Topliss-reactive ketones (excluding diaryl/α,β-unsaturated/α-hetero) is 1. The molecule has 1 atom stereocenters. The maximum Gasteiger partial charge on any atom is 0.237 e. The average Bonchev–Trinajstić information content (AvgIpc) is 3.23. The van der Waals surface area contributed by atoms with E-state index in [0.29, 0.717) is 11.3 Å². The first-order chi connectivity index (χ1) is 12.0. The van der Waals surface area contributed by atoms with Gasteiger partial charge in [-0.05, 0) is 31.9 Å². The van der Waals surface area contributed by atoms with E-state index in [1.54, 1.807) is 6.07 Å². The molecule has 0 saturated carbocycles. The van der Waals surface area contributed by atoms with Crippen molar-refractivity contribution in [1.29, 1.82) is 0 Å². The van der Waals surface area contributed by atoms with Crippen LogP contribution in [0.4, 0.5) is 5.69 Å². The van der Waals surface area contributed by atoms with Gasteiger partial charge in [-0.15, -0.1) is 0 Å². The van der Waals surface area contributed by atoms with E-state index in [1.807, 2.05) is 25.1 Å². The van der Waals surface area contributed by atoms with Crippen LogP contribution in [-0.2, 0) is 4.79 Å². The largest absolute Gasteiger partial charge is 0.451 e. The molecule has 1 amide bonds. The number of thioether (sulfide) groups is 1. The Morgan fingerprint density at radius 1 is 1.28 bits per heavy atom. The van der Waals surface area contributed by atoms with Crippen LogP contribution < -0.4 is 5.32 Å². The van der Waals surface area contributed by atoms with Gasteiger partial charge < -0.3 is 14.6 Å². The van der Waals surface area contributed by atoms with Gasteiger partial charge in [0.15, 0.2) is 11.5 Å². The minimum Gasteiger partial charge on any atom is -0.451 e. The van der Waals surface area contributed by atoms with Gasteiger partial charge in [-0.2, -0.15) is 0 Å². The van der Waals surface area contributed by atoms with E-state index in [4.69, 9.17) is 16.6 Å². The third kappa shape index (κ3) is 3.88. The maximum absolute atomic E-state index is 12.6. The summed E-state index contributed by atoms with van der Waals surface area (Å²) in [7, 11) is 0. The summed E-state index contributed by atoms with van der Waals surface area (Å²) in [5, 5.41) is 3.22. The van der Waals surface area contributed by atoms with Crippen molar-refractivity contribution in [2.24, 2.45) is 0 Å². The van der Waals surface area contributed by atoms with Crippen molar-refractivity contribution >= 4 is 56.6 Å². The summed E-state index contributed by atoms with van der Waals surface area (Å²) in [6.45, 7) is 5.16. The third-order valence-corrected chi connectivity index (χ3v) is 5.75. The fraction of sp³-hybridized carbons (Fsp3) is 0.389. The molecule has 1 aliphatic heterocycles. The number of hydrogen-bond acceptors (Lipinski definition) is 5. The number of rotatable bonds is 4. The van der Waals surface area contributed by atoms with Crippen LogP contribution in [0.25, 0.3) is 11.0 Å². The fourth-order valence-electron chi connectivity index (χ4n) is 2.82. The monoisotopic (exact) mass is 376 g/mol. The number of nitrogens with zero attached hydrogens (tertiary/aromatic N) is 1. The quantitative estimate of drug-likeness (QED) is 0.641. The number of carbonyl (C=O) groups is 2. The van der Waals surface area contributed by atoms with Crippen LogP contribution in [0.1, 0.15) is 37.2 Å². The standard InChI is InChI=1S/C18H20N2O3S2/c1-11(21)16-15(13-7-3-4-8-14(13)23-16)19-17(22)12(2)25-18(24)20-9-5-6-10-20/h3-4,7-8,12H,5-6,9-10H2,1-2H3,(H,19,22). The molecule has 1 N–H and O–H groups in total. The number of anilines is 1. The number of furan rings is 1. The summed E-state index contributed by atoms with van der Waals surface area (Å²) in [5.74, 6) is -0.242. The van der Waals surface area contributed by atoms with Crippen LogP contribution in [0.15, 0.2) is 28.7 Å². The molecule has 0 aliphatic carbocycles. The number of likely N-dealkylation sites (tertiary alicyclic amines) is 1. The van der Waals surface area contributed by atoms with Crippen LogP contribution in [0, 0.1) is 0 Å². The van der Waals surface area contributed by atoms with Crippen molar-refractivity contribution < 1.29 is 14.0 Å². The Labute approximate surface area is 156 Å². The van der Waals surface area contributed by atoms with Crippen LogP contribution in [0.5, 0.6) is 0 Å². The van der Waals surface area contributed by atoms with E-state index in [9.17, 15) is 9.59 Å². The molecule has 1 aromatic heterocycles. The molecule has 0 bridgehead atoms. The van der Waals surface area contributed by atoms with Gasteiger partial charge in [0.05, 0.1) is 10.9 Å². The van der Waals surface area contributed by atoms with Gasteiger partial charge in [-0.1, -0.05) is 36.1 Å². The summed E-state index contributed by atoms with van der Waals surface area (Å²) >= 11 is 6.81. The Morgan fingerprint density at radius 3 is 2.64 bits per heavy atom. The lowest BCUT2D eigenvalue weighted by atomic mass is 10.2. The first-order valence-corrected chi connectivity index (χ1v) is 9.55. The minimum absolute atomic E-state index is 0.175. The van der Waals surface area contributed by atoms with E-state index in [0.717, 1.165) is 35.6 Å². The third-order valence-electron chi connectivity index (χ3n) is 4.17. The van der Waals surface area contributed by atoms with E-state index in [1.165, 1.54) is 18.7 Å². The van der Waals surface area contributed by atoms with Crippen molar-refractivity contribution in [2.45, 2.75) is 31.9 Å². The van der Waals surface area contributed by atoms with Crippen molar-refractivity contribution in [3.8, 4) is 0 Å². The number of fused-ring (bicyclic) bond motifs is 1. The molecular formula is C18H20N2O3S2. The highest BCUT2D eigenvalue weighted by Crippen LogP contribution is 2.32. The predicted molar refractivity (Wildman–Crippen MR) is 105 cm³/mol. The zero-order valence-corrected chi connectivity index (χ0v) is 15.8. The number of thiocarbonyl (C=S) groups is 1. The summed E-state index contributed by atoms with van der Waals surface area (Å²) in [5.41, 5.74) is 1.02. The first kappa shape index (κ1) is 17.9. The Balaban J connectivity index is 1.76. The molecule has 3 rings (SSSR count). The number of nitrogens with one attached hydrogen (secondary N) is 1. The number of benzene rings is 1. The lowest BCUT2D eigenvalue weighted by Crippen LogP contribution is -2.29. The molecule has 132 valence electrons. The highest BCUT2D eigenvalue weighted by atomic mass is 32.2. The Kier molecular flexibility index (Phi) is 5.44. The molecule has 0 radical (unpaired) electrons. The van der Waals surface area contributed by atoms with Crippen molar-refractivity contribution in [3.05, 3.63) is 30.0 Å². The maximum atomic E-state index is 12.6. The topological polar surface area (TPSA) is 62.6 Å². The highest BCUT2D eigenvalue weighted by molar-refractivity contribution is 8.23. The minimum atomic E-state index is -0.360. The van der Waals surface area contributed by atoms with E-state index in [-0.39, 0.29) is 22.7 Å². The first-order valence-electron chi connectivity index (χ1n) is 8.26. The van der Waals surface area contributed by atoms with E-state index < -0.39 is 0 Å². The predicted octanol–water partition coefficient (Wildman–Crippen LogP) is 4.08. The summed E-state index contributed by atoms with van der Waals surface area (Å²) in [6, 6.07) is 7.28. The second-order valence-electron chi connectivity index (χ2n) is 6.07. The summed E-state index contributed by atoms with van der Waals surface area (Å²) in [6.07, 6.45) is 2.29. The molecule has 2 heterocycles. The van der Waals surface area contributed by atoms with Crippen molar-refractivity contribution in [2.75, 3.05) is 18.4 Å². The lowest BCUT2D eigenvalue weighted by Gasteiger charge is -2.20. The van der Waals surface area contributed by atoms with Gasteiger partial charge in [0.2, 0.25) is 5.91 Å². The molecule has 2 aromatic rings. The van der Waals surface area contributed by atoms with Gasteiger partial charge in [0, 0.05) is 25.4 Å². The normalized spacial score (nSPS) is 15.4. The highest BCUT2D eigenvalue weighted by Gasteiger charge is 2.24. The SMILES string of the molecule is CC(=O)c1oc2ccccc2c1NC(=O)C(C)SC(=S)N1CCCC1. The zero-order chi connectivity index (χ0) is 18.0. The summed E-state index contributed by atoms with van der Waals surface area (Å²) < 4.78 is 6.35. The van der Waals surface area contributed by atoms with Crippen molar-refractivity contribution in [1.82, 2.24) is 4.90 Å². The number of para-hydroxylation sites is 1. The van der Waals surface area contributed by atoms with Gasteiger partial charge in [0.1, 0.15) is 9.90 Å². The number of ketones is 1. The Bertz CT molecular complexity index is 825.